The third-order valence-electron chi connectivity index (χ3n) is 8.66. The van der Waals surface area contributed by atoms with Gasteiger partial charge in [0.15, 0.2) is 0 Å². The largest absolute Gasteiger partial charge is 0.309 e. The maximum atomic E-state index is 2.40. The van der Waals surface area contributed by atoms with Gasteiger partial charge in [-0.25, -0.2) is 0 Å². The van der Waals surface area contributed by atoms with Gasteiger partial charge in [-0.1, -0.05) is 158 Å². The summed E-state index contributed by atoms with van der Waals surface area (Å²) in [5, 5.41) is 4.95. The predicted molar refractivity (Wildman–Crippen MR) is 192 cm³/mol. The summed E-state index contributed by atoms with van der Waals surface area (Å²) in [5.74, 6) is 0. The Hall–Kier alpha value is -5.92. The molecule has 8 aromatic carbocycles. The third kappa shape index (κ3) is 5.05. The van der Waals surface area contributed by atoms with E-state index in [0.29, 0.717) is 0 Å². The molecule has 212 valence electrons. The zero-order valence-corrected chi connectivity index (χ0v) is 24.8. The van der Waals surface area contributed by atoms with Crippen LogP contribution in [0.15, 0.2) is 188 Å². The number of nitrogens with zero attached hydrogens (tertiary/aromatic N) is 1. The van der Waals surface area contributed by atoms with Crippen LogP contribution in [0.1, 0.15) is 0 Å². The van der Waals surface area contributed by atoms with Crippen molar-refractivity contribution in [1.82, 2.24) is 0 Å². The summed E-state index contributed by atoms with van der Waals surface area (Å²) in [6.45, 7) is 0. The second-order valence-corrected chi connectivity index (χ2v) is 11.4. The van der Waals surface area contributed by atoms with Gasteiger partial charge in [-0.05, 0) is 74.3 Å². The van der Waals surface area contributed by atoms with E-state index >= 15 is 0 Å². The Labute approximate surface area is 264 Å². The zero-order chi connectivity index (χ0) is 30.0. The Morgan fingerprint density at radius 1 is 0.289 bits per heavy atom. The highest BCUT2D eigenvalue weighted by molar-refractivity contribution is 6.02. The molecule has 0 spiro atoms. The van der Waals surface area contributed by atoms with Gasteiger partial charge in [0.1, 0.15) is 0 Å². The summed E-state index contributed by atoms with van der Waals surface area (Å²) < 4.78 is 0. The quantitative estimate of drug-likeness (QED) is 0.191. The lowest BCUT2D eigenvalue weighted by Gasteiger charge is -2.29. The molecule has 0 saturated carbocycles. The molecule has 1 heteroatoms. The van der Waals surface area contributed by atoms with Crippen molar-refractivity contribution < 1.29 is 0 Å². The first kappa shape index (κ1) is 26.7. The molecule has 0 saturated heterocycles. The van der Waals surface area contributed by atoms with Crippen LogP contribution in [0, 0.1) is 0 Å². The first-order valence-corrected chi connectivity index (χ1v) is 15.4. The molecule has 0 aliphatic rings. The minimum absolute atomic E-state index is 1.12. The Morgan fingerprint density at radius 2 is 0.844 bits per heavy atom. The number of fused-ring (bicyclic) bond motifs is 2. The highest BCUT2D eigenvalue weighted by atomic mass is 15.1. The number of hydrogen-bond acceptors (Lipinski definition) is 1. The van der Waals surface area contributed by atoms with Gasteiger partial charge >= 0.3 is 0 Å². The first-order valence-electron chi connectivity index (χ1n) is 15.4. The molecule has 0 radical (unpaired) electrons. The van der Waals surface area contributed by atoms with Crippen molar-refractivity contribution >= 4 is 38.6 Å². The van der Waals surface area contributed by atoms with Crippen molar-refractivity contribution in [2.24, 2.45) is 0 Å². The van der Waals surface area contributed by atoms with Gasteiger partial charge in [0.25, 0.3) is 0 Å². The Bertz CT molecular complexity index is 2250. The van der Waals surface area contributed by atoms with E-state index in [1.807, 2.05) is 0 Å². The fourth-order valence-electron chi connectivity index (χ4n) is 6.48. The molecule has 8 aromatic rings. The maximum Gasteiger partial charge on any atom is 0.0540 e. The van der Waals surface area contributed by atoms with Crippen molar-refractivity contribution in [2.45, 2.75) is 0 Å². The molecule has 45 heavy (non-hydrogen) atoms. The van der Waals surface area contributed by atoms with Crippen molar-refractivity contribution in [3.63, 3.8) is 0 Å². The highest BCUT2D eigenvalue weighted by Gasteiger charge is 2.19. The normalized spacial score (nSPS) is 11.1. The van der Waals surface area contributed by atoms with E-state index in [-0.39, 0.29) is 0 Å². The van der Waals surface area contributed by atoms with Crippen molar-refractivity contribution in [3.05, 3.63) is 188 Å². The smallest absolute Gasteiger partial charge is 0.0540 e. The predicted octanol–water partition coefficient (Wildman–Crippen LogP) is 12.5. The Morgan fingerprint density at radius 3 is 1.64 bits per heavy atom. The lowest BCUT2D eigenvalue weighted by molar-refractivity contribution is 1.30. The van der Waals surface area contributed by atoms with Crippen LogP contribution in [0.25, 0.3) is 54.9 Å². The molecule has 0 amide bonds. The van der Waals surface area contributed by atoms with Gasteiger partial charge in [0.05, 0.1) is 11.4 Å². The number of para-hydroxylation sites is 1. The van der Waals surface area contributed by atoms with Gasteiger partial charge < -0.3 is 4.90 Å². The molecule has 0 unspecified atom stereocenters. The molecule has 0 aliphatic heterocycles. The van der Waals surface area contributed by atoms with E-state index in [0.717, 1.165) is 17.1 Å². The average molecular weight is 574 g/mol. The van der Waals surface area contributed by atoms with Gasteiger partial charge in [-0.15, -0.1) is 0 Å². The van der Waals surface area contributed by atoms with Crippen LogP contribution >= 0.6 is 0 Å². The fourth-order valence-corrected chi connectivity index (χ4v) is 6.48. The van der Waals surface area contributed by atoms with Gasteiger partial charge in [0, 0.05) is 16.6 Å². The van der Waals surface area contributed by atoms with Crippen LogP contribution in [0.5, 0.6) is 0 Å². The number of anilines is 3. The van der Waals surface area contributed by atoms with Crippen LogP contribution in [0.4, 0.5) is 17.1 Å². The van der Waals surface area contributed by atoms with E-state index in [4.69, 9.17) is 0 Å². The molecular formula is C44H31N. The minimum Gasteiger partial charge on any atom is -0.309 e. The van der Waals surface area contributed by atoms with Crippen molar-refractivity contribution in [3.8, 4) is 33.4 Å². The summed E-state index contributed by atoms with van der Waals surface area (Å²) in [4.78, 5) is 2.40. The fraction of sp³-hybridized carbons (Fsp3) is 0. The molecule has 0 N–H and O–H groups in total. The summed E-state index contributed by atoms with van der Waals surface area (Å²) in [6, 6.07) is 67.6. The van der Waals surface area contributed by atoms with Crippen LogP contribution in [0.2, 0.25) is 0 Å². The number of hydrogen-bond donors (Lipinski definition) is 0. The maximum absolute atomic E-state index is 2.40. The summed E-state index contributed by atoms with van der Waals surface area (Å²) in [5.41, 5.74) is 10.7. The Kier molecular flexibility index (Phi) is 6.90. The number of benzene rings is 8. The van der Waals surface area contributed by atoms with Gasteiger partial charge in [0.2, 0.25) is 0 Å². The summed E-state index contributed by atoms with van der Waals surface area (Å²) >= 11 is 0. The first-order chi connectivity index (χ1) is 22.3. The van der Waals surface area contributed by atoms with Crippen LogP contribution < -0.4 is 4.90 Å². The van der Waals surface area contributed by atoms with E-state index in [9.17, 15) is 0 Å². The van der Waals surface area contributed by atoms with E-state index in [1.54, 1.807) is 0 Å². The van der Waals surface area contributed by atoms with E-state index in [1.165, 1.54) is 54.9 Å². The molecule has 0 aromatic heterocycles. The Balaban J connectivity index is 1.24. The molecule has 0 atom stereocenters. The molecule has 0 heterocycles. The standard InChI is InChI=1S/C44H31N/c1-3-13-33(14-4-1)39-22-11-19-37-31-36(27-30-40(37)39)32-25-28-38(29-26-32)45(44-24-12-18-35-17-7-8-20-42(35)44)43-23-10-9-21-41(43)34-15-5-2-6-16-34/h1-31H. The monoisotopic (exact) mass is 573 g/mol. The molecule has 0 fully saturated rings. The van der Waals surface area contributed by atoms with Gasteiger partial charge in [-0.2, -0.15) is 0 Å². The second-order valence-electron chi connectivity index (χ2n) is 11.4. The summed E-state index contributed by atoms with van der Waals surface area (Å²) in [6.07, 6.45) is 0. The molecular weight excluding hydrogens is 542 g/mol. The SMILES string of the molecule is c1ccc(-c2ccccc2N(c2ccc(-c3ccc4c(-c5ccccc5)cccc4c3)cc2)c2cccc3ccccc23)cc1. The lowest BCUT2D eigenvalue weighted by atomic mass is 9.95. The zero-order valence-electron chi connectivity index (χ0n) is 24.8. The molecule has 0 aliphatic carbocycles. The minimum atomic E-state index is 1.12. The van der Waals surface area contributed by atoms with E-state index in [2.05, 4.69) is 193 Å². The second kappa shape index (κ2) is 11.6. The summed E-state index contributed by atoms with van der Waals surface area (Å²) in [7, 11) is 0. The average Bonchev–Trinajstić information content (AvgIpc) is 3.12. The van der Waals surface area contributed by atoms with Gasteiger partial charge in [-0.3, -0.25) is 0 Å². The lowest BCUT2D eigenvalue weighted by Crippen LogP contribution is -2.11. The molecule has 0 bridgehead atoms. The van der Waals surface area contributed by atoms with Crippen molar-refractivity contribution in [1.29, 1.82) is 0 Å². The molecule has 8 rings (SSSR count). The molecule has 1 nitrogen and oxygen atoms in total. The third-order valence-corrected chi connectivity index (χ3v) is 8.66. The number of rotatable bonds is 6. The van der Waals surface area contributed by atoms with Crippen LogP contribution in [0.3, 0.4) is 0 Å². The van der Waals surface area contributed by atoms with Crippen LogP contribution in [-0.4, -0.2) is 0 Å². The van der Waals surface area contributed by atoms with E-state index < -0.39 is 0 Å². The highest BCUT2D eigenvalue weighted by Crippen LogP contribution is 2.43. The topological polar surface area (TPSA) is 3.24 Å². The van der Waals surface area contributed by atoms with Crippen molar-refractivity contribution in [2.75, 3.05) is 4.90 Å². The van der Waals surface area contributed by atoms with Crippen LogP contribution in [-0.2, 0) is 0 Å².